The first-order valence-electron chi connectivity index (χ1n) is 6.90. The summed E-state index contributed by atoms with van der Waals surface area (Å²) in [5, 5.41) is 11.7. The highest BCUT2D eigenvalue weighted by molar-refractivity contribution is 7.88. The Labute approximate surface area is 125 Å². The molecular formula is C13H24N2O5S. The molecule has 1 amide bonds. The summed E-state index contributed by atoms with van der Waals surface area (Å²) >= 11 is 0. The summed E-state index contributed by atoms with van der Waals surface area (Å²) in [6.07, 6.45) is 2.52. The maximum Gasteiger partial charge on any atom is 0.306 e. The number of carboxylic acid groups (broad SMARTS) is 1. The van der Waals surface area contributed by atoms with Crippen LogP contribution in [0.3, 0.4) is 0 Å². The summed E-state index contributed by atoms with van der Waals surface area (Å²) in [7, 11) is -3.51. The highest BCUT2D eigenvalue weighted by Crippen LogP contribution is 2.27. The lowest BCUT2D eigenvalue weighted by Gasteiger charge is -2.30. The van der Waals surface area contributed by atoms with Gasteiger partial charge in [0.05, 0.1) is 12.2 Å². The molecule has 21 heavy (non-hydrogen) atoms. The first-order valence-corrected chi connectivity index (χ1v) is 8.80. The number of amides is 1. The first kappa shape index (κ1) is 17.9. The van der Waals surface area contributed by atoms with Crippen molar-refractivity contribution in [2.75, 3.05) is 6.26 Å². The van der Waals surface area contributed by atoms with E-state index in [1.807, 2.05) is 0 Å². The summed E-state index contributed by atoms with van der Waals surface area (Å²) in [5.41, 5.74) is -0.585. The van der Waals surface area contributed by atoms with Gasteiger partial charge in [0.2, 0.25) is 15.9 Å². The number of hydrogen-bond donors (Lipinski definition) is 3. The van der Waals surface area contributed by atoms with Gasteiger partial charge in [0.15, 0.2) is 0 Å². The molecule has 1 unspecified atom stereocenters. The number of rotatable bonds is 5. The van der Waals surface area contributed by atoms with Crippen LogP contribution in [0.2, 0.25) is 0 Å². The van der Waals surface area contributed by atoms with Crippen molar-refractivity contribution < 1.29 is 23.1 Å². The molecule has 1 rings (SSSR count). The molecule has 0 bridgehead atoms. The van der Waals surface area contributed by atoms with E-state index in [-0.39, 0.29) is 6.04 Å². The molecule has 0 aromatic carbocycles. The van der Waals surface area contributed by atoms with Crippen molar-refractivity contribution in [2.45, 2.75) is 52.1 Å². The zero-order valence-electron chi connectivity index (χ0n) is 12.8. The number of carbonyl (C=O) groups is 2. The van der Waals surface area contributed by atoms with Crippen LogP contribution in [-0.4, -0.2) is 43.7 Å². The first-order chi connectivity index (χ1) is 9.40. The molecule has 0 spiro atoms. The van der Waals surface area contributed by atoms with E-state index >= 15 is 0 Å². The second-order valence-electron chi connectivity index (χ2n) is 6.74. The molecule has 7 nitrogen and oxygen atoms in total. The SMILES string of the molecule is CC(C)(C)C(NS(C)(=O)=O)C(=O)N[C@@H]1CC[C@H](C(=O)O)C1. The Balaban J connectivity index is 2.72. The molecule has 1 fully saturated rings. The van der Waals surface area contributed by atoms with Crippen LogP contribution in [0.4, 0.5) is 0 Å². The fourth-order valence-corrected chi connectivity index (χ4v) is 3.35. The summed E-state index contributed by atoms with van der Waals surface area (Å²) < 4.78 is 25.2. The minimum atomic E-state index is -3.51. The topological polar surface area (TPSA) is 113 Å². The van der Waals surface area contributed by atoms with E-state index in [0.717, 1.165) is 6.26 Å². The number of sulfonamides is 1. The summed E-state index contributed by atoms with van der Waals surface area (Å²) in [6, 6.07) is -1.11. The lowest BCUT2D eigenvalue weighted by atomic mass is 9.86. The van der Waals surface area contributed by atoms with Gasteiger partial charge in [-0.3, -0.25) is 9.59 Å². The Morgan fingerprint density at radius 2 is 1.81 bits per heavy atom. The molecule has 1 aliphatic rings. The minimum absolute atomic E-state index is 0.218. The lowest BCUT2D eigenvalue weighted by molar-refractivity contribution is -0.141. The quantitative estimate of drug-likeness (QED) is 0.675. The Bertz CT molecular complexity index is 509. The van der Waals surface area contributed by atoms with E-state index in [0.29, 0.717) is 19.3 Å². The number of carbonyl (C=O) groups excluding carboxylic acids is 1. The largest absolute Gasteiger partial charge is 0.481 e. The number of carboxylic acids is 1. The van der Waals surface area contributed by atoms with Crippen LogP contribution in [0.1, 0.15) is 40.0 Å². The summed E-state index contributed by atoms with van der Waals surface area (Å²) in [6.45, 7) is 5.30. The predicted molar refractivity (Wildman–Crippen MR) is 78.1 cm³/mol. The van der Waals surface area contributed by atoms with Crippen molar-refractivity contribution in [1.29, 1.82) is 0 Å². The number of nitrogens with one attached hydrogen (secondary N) is 2. The number of aliphatic carboxylic acids is 1. The normalized spacial score (nSPS) is 24.6. The molecular weight excluding hydrogens is 296 g/mol. The molecule has 0 aromatic rings. The molecule has 8 heteroatoms. The van der Waals surface area contributed by atoms with Crippen LogP contribution in [0, 0.1) is 11.3 Å². The van der Waals surface area contributed by atoms with Crippen LogP contribution in [0.5, 0.6) is 0 Å². The molecule has 1 saturated carbocycles. The van der Waals surface area contributed by atoms with E-state index in [1.54, 1.807) is 20.8 Å². The van der Waals surface area contributed by atoms with Gasteiger partial charge in [0, 0.05) is 6.04 Å². The summed E-state index contributed by atoms with van der Waals surface area (Å²) in [4.78, 5) is 23.2. The fourth-order valence-electron chi connectivity index (χ4n) is 2.46. The fraction of sp³-hybridized carbons (Fsp3) is 0.846. The van der Waals surface area contributed by atoms with Crippen molar-refractivity contribution in [2.24, 2.45) is 11.3 Å². The maximum absolute atomic E-state index is 12.3. The smallest absolute Gasteiger partial charge is 0.306 e. The summed E-state index contributed by atoms with van der Waals surface area (Å²) in [5.74, 6) is -1.71. The van der Waals surface area contributed by atoms with Gasteiger partial charge in [-0.1, -0.05) is 20.8 Å². The van der Waals surface area contributed by atoms with E-state index in [4.69, 9.17) is 5.11 Å². The maximum atomic E-state index is 12.3. The Morgan fingerprint density at radius 1 is 1.24 bits per heavy atom. The predicted octanol–water partition coefficient (Wildman–Crippen LogP) is 0.320. The molecule has 0 aliphatic heterocycles. The third kappa shape index (κ3) is 5.62. The van der Waals surface area contributed by atoms with E-state index in [1.165, 1.54) is 0 Å². The minimum Gasteiger partial charge on any atom is -0.481 e. The van der Waals surface area contributed by atoms with Crippen LogP contribution in [0.25, 0.3) is 0 Å². The standard InChI is InChI=1S/C13H24N2O5S/c1-13(2,3)10(15-21(4,19)20)11(16)14-9-6-5-8(7-9)12(17)18/h8-10,15H,5-7H2,1-4H3,(H,14,16)(H,17,18)/t8-,9+,10?/m0/s1. The van der Waals surface area contributed by atoms with Crippen molar-refractivity contribution in [3.63, 3.8) is 0 Å². The number of hydrogen-bond acceptors (Lipinski definition) is 4. The van der Waals surface area contributed by atoms with Crippen LogP contribution < -0.4 is 10.0 Å². The van der Waals surface area contributed by atoms with Crippen molar-refractivity contribution in [1.82, 2.24) is 10.0 Å². The molecule has 0 aromatic heterocycles. The Kier molecular flexibility index (Phi) is 5.38. The van der Waals surface area contributed by atoms with Gasteiger partial charge in [0.1, 0.15) is 6.04 Å². The van der Waals surface area contributed by atoms with Gasteiger partial charge in [-0.25, -0.2) is 13.1 Å². The van der Waals surface area contributed by atoms with Gasteiger partial charge >= 0.3 is 5.97 Å². The molecule has 3 atom stereocenters. The van der Waals surface area contributed by atoms with Gasteiger partial charge in [-0.15, -0.1) is 0 Å². The third-order valence-electron chi connectivity index (χ3n) is 3.59. The monoisotopic (exact) mass is 320 g/mol. The lowest BCUT2D eigenvalue weighted by Crippen LogP contribution is -2.54. The van der Waals surface area contributed by atoms with Gasteiger partial charge in [-0.05, 0) is 24.7 Å². The molecule has 122 valence electrons. The van der Waals surface area contributed by atoms with Gasteiger partial charge < -0.3 is 10.4 Å². The van der Waals surface area contributed by atoms with Gasteiger partial charge in [-0.2, -0.15) is 0 Å². The average molecular weight is 320 g/mol. The van der Waals surface area contributed by atoms with Gasteiger partial charge in [0.25, 0.3) is 0 Å². The zero-order chi connectivity index (χ0) is 16.4. The molecule has 0 radical (unpaired) electrons. The van der Waals surface area contributed by atoms with E-state index < -0.39 is 39.3 Å². The van der Waals surface area contributed by atoms with Crippen molar-refractivity contribution in [3.05, 3.63) is 0 Å². The molecule has 0 saturated heterocycles. The molecule has 0 heterocycles. The van der Waals surface area contributed by atoms with Crippen molar-refractivity contribution in [3.8, 4) is 0 Å². The molecule has 3 N–H and O–H groups in total. The molecule has 1 aliphatic carbocycles. The second-order valence-corrected chi connectivity index (χ2v) is 8.52. The highest BCUT2D eigenvalue weighted by Gasteiger charge is 2.37. The third-order valence-corrected chi connectivity index (χ3v) is 4.25. The Hall–Kier alpha value is -1.15. The highest BCUT2D eigenvalue weighted by atomic mass is 32.2. The van der Waals surface area contributed by atoms with Crippen LogP contribution in [-0.2, 0) is 19.6 Å². The van der Waals surface area contributed by atoms with Crippen molar-refractivity contribution >= 4 is 21.9 Å². The average Bonchev–Trinajstić information content (AvgIpc) is 2.71. The van der Waals surface area contributed by atoms with E-state index in [2.05, 4.69) is 10.0 Å². The zero-order valence-corrected chi connectivity index (χ0v) is 13.7. The van der Waals surface area contributed by atoms with Crippen LogP contribution in [0.15, 0.2) is 0 Å². The van der Waals surface area contributed by atoms with Crippen LogP contribution >= 0.6 is 0 Å². The van der Waals surface area contributed by atoms with E-state index in [9.17, 15) is 18.0 Å². The Morgan fingerprint density at radius 3 is 2.19 bits per heavy atom. The second kappa shape index (κ2) is 6.31.